The highest BCUT2D eigenvalue weighted by Crippen LogP contribution is 2.23. The van der Waals surface area contributed by atoms with E-state index in [0.717, 1.165) is 12.8 Å². The van der Waals surface area contributed by atoms with E-state index in [2.05, 4.69) is 13.8 Å². The maximum absolute atomic E-state index is 12.1. The molecule has 0 heterocycles. The summed E-state index contributed by atoms with van der Waals surface area (Å²) in [6.45, 7) is 4.24. The molecule has 1 unspecified atom stereocenters. The Labute approximate surface area is 105 Å². The van der Waals surface area contributed by atoms with Crippen LogP contribution in [0.3, 0.4) is 0 Å². The Kier molecular flexibility index (Phi) is 5.29. The molecule has 0 fully saturated rings. The number of hydrogen-bond acceptors (Lipinski definition) is 2. The van der Waals surface area contributed by atoms with Crippen molar-refractivity contribution in [3.8, 4) is 0 Å². The molecule has 0 aliphatic heterocycles. The Morgan fingerprint density at radius 1 is 1.38 bits per heavy atom. The van der Waals surface area contributed by atoms with Gasteiger partial charge in [-0.15, -0.1) is 0 Å². The quantitative estimate of drug-likeness (QED) is 0.823. The van der Waals surface area contributed by atoms with Crippen molar-refractivity contribution in [2.24, 2.45) is 5.92 Å². The lowest BCUT2D eigenvalue weighted by Crippen LogP contribution is -2.11. The monoisotopic (exact) mass is 259 g/mol. The standard InChI is InChI=1S/C12H18ClNOS/c1-3-9(4-2)8-16(15)12-6-5-10(13)7-11(12)14/h5-7,9H,3-4,8,14H2,1-2H3. The largest absolute Gasteiger partial charge is 0.398 e. The third-order valence-electron chi connectivity index (χ3n) is 2.76. The van der Waals surface area contributed by atoms with E-state index in [-0.39, 0.29) is 0 Å². The van der Waals surface area contributed by atoms with Crippen LogP contribution in [-0.4, -0.2) is 9.96 Å². The Morgan fingerprint density at radius 3 is 2.50 bits per heavy atom. The molecule has 0 aliphatic carbocycles. The molecule has 90 valence electrons. The van der Waals surface area contributed by atoms with Gasteiger partial charge in [-0.2, -0.15) is 0 Å². The molecule has 0 saturated carbocycles. The molecular weight excluding hydrogens is 242 g/mol. The van der Waals surface area contributed by atoms with Gasteiger partial charge in [0.05, 0.1) is 15.7 Å². The number of hydrogen-bond donors (Lipinski definition) is 1. The summed E-state index contributed by atoms with van der Waals surface area (Å²) in [4.78, 5) is 0.705. The second-order valence-electron chi connectivity index (χ2n) is 3.88. The highest BCUT2D eigenvalue weighted by atomic mass is 35.5. The Morgan fingerprint density at radius 2 is 2.00 bits per heavy atom. The van der Waals surface area contributed by atoms with E-state index in [0.29, 0.717) is 27.3 Å². The first-order valence-corrected chi connectivity index (χ1v) is 7.21. The van der Waals surface area contributed by atoms with E-state index in [4.69, 9.17) is 17.3 Å². The van der Waals surface area contributed by atoms with E-state index in [1.165, 1.54) is 0 Å². The SMILES string of the molecule is CCC(CC)CS(=O)c1ccc(Cl)cc1N. The highest BCUT2D eigenvalue weighted by molar-refractivity contribution is 7.85. The van der Waals surface area contributed by atoms with Crippen LogP contribution < -0.4 is 5.73 Å². The normalized spacial score (nSPS) is 13.0. The summed E-state index contributed by atoms with van der Waals surface area (Å²) in [6.07, 6.45) is 2.10. The van der Waals surface area contributed by atoms with Crippen LogP contribution in [0.4, 0.5) is 5.69 Å². The van der Waals surface area contributed by atoms with E-state index >= 15 is 0 Å². The van der Waals surface area contributed by atoms with Crippen molar-refractivity contribution in [3.63, 3.8) is 0 Å². The zero-order chi connectivity index (χ0) is 12.1. The maximum Gasteiger partial charge on any atom is 0.0618 e. The van der Waals surface area contributed by atoms with Gasteiger partial charge in [0.2, 0.25) is 0 Å². The number of anilines is 1. The average Bonchev–Trinajstić information content (AvgIpc) is 2.25. The lowest BCUT2D eigenvalue weighted by atomic mass is 10.1. The lowest BCUT2D eigenvalue weighted by Gasteiger charge is -2.12. The second-order valence-corrected chi connectivity index (χ2v) is 5.78. The Bertz CT molecular complexity index is 377. The zero-order valence-corrected chi connectivity index (χ0v) is 11.3. The molecule has 0 amide bonds. The van der Waals surface area contributed by atoms with Crippen LogP contribution in [0, 0.1) is 5.92 Å². The minimum Gasteiger partial charge on any atom is -0.398 e. The Hall–Kier alpha value is -0.540. The summed E-state index contributed by atoms with van der Waals surface area (Å²) >= 11 is 5.80. The molecule has 0 saturated heterocycles. The topological polar surface area (TPSA) is 43.1 Å². The van der Waals surface area contributed by atoms with Gasteiger partial charge >= 0.3 is 0 Å². The molecule has 0 aromatic heterocycles. The maximum atomic E-state index is 12.1. The minimum atomic E-state index is -1.02. The first kappa shape index (κ1) is 13.5. The van der Waals surface area contributed by atoms with Crippen LogP contribution in [-0.2, 0) is 10.8 Å². The van der Waals surface area contributed by atoms with E-state index in [1.807, 2.05) is 0 Å². The zero-order valence-electron chi connectivity index (χ0n) is 9.70. The van der Waals surface area contributed by atoms with Gasteiger partial charge in [-0.25, -0.2) is 0 Å². The number of benzene rings is 1. The van der Waals surface area contributed by atoms with E-state index < -0.39 is 10.8 Å². The molecule has 0 bridgehead atoms. The van der Waals surface area contributed by atoms with Crippen molar-refractivity contribution in [2.75, 3.05) is 11.5 Å². The van der Waals surface area contributed by atoms with Crippen molar-refractivity contribution in [3.05, 3.63) is 23.2 Å². The first-order valence-electron chi connectivity index (χ1n) is 5.51. The van der Waals surface area contributed by atoms with Crippen LogP contribution in [0.15, 0.2) is 23.1 Å². The fraction of sp³-hybridized carbons (Fsp3) is 0.500. The summed E-state index contributed by atoms with van der Waals surface area (Å²) in [5.74, 6) is 1.18. The number of nitrogen functional groups attached to an aromatic ring is 1. The van der Waals surface area contributed by atoms with Gasteiger partial charge in [-0.3, -0.25) is 4.21 Å². The van der Waals surface area contributed by atoms with Crippen molar-refractivity contribution < 1.29 is 4.21 Å². The summed E-state index contributed by atoms with van der Waals surface area (Å²) in [7, 11) is -1.02. The predicted molar refractivity (Wildman–Crippen MR) is 71.2 cm³/mol. The van der Waals surface area contributed by atoms with E-state index in [9.17, 15) is 4.21 Å². The number of rotatable bonds is 5. The molecule has 16 heavy (non-hydrogen) atoms. The van der Waals surface area contributed by atoms with Crippen molar-refractivity contribution in [1.82, 2.24) is 0 Å². The molecule has 1 rings (SSSR count). The minimum absolute atomic E-state index is 0.496. The molecule has 1 aromatic carbocycles. The third kappa shape index (κ3) is 3.49. The van der Waals surface area contributed by atoms with Gasteiger partial charge in [-0.1, -0.05) is 38.3 Å². The van der Waals surface area contributed by atoms with Crippen molar-refractivity contribution in [2.45, 2.75) is 31.6 Å². The highest BCUT2D eigenvalue weighted by Gasteiger charge is 2.13. The molecule has 0 radical (unpaired) electrons. The Balaban J connectivity index is 2.80. The summed E-state index contributed by atoms with van der Waals surface area (Å²) in [5.41, 5.74) is 6.33. The second kappa shape index (κ2) is 6.26. The fourth-order valence-electron chi connectivity index (χ4n) is 1.55. The molecule has 1 atom stereocenters. The third-order valence-corrected chi connectivity index (χ3v) is 4.63. The fourth-order valence-corrected chi connectivity index (χ4v) is 3.36. The van der Waals surface area contributed by atoms with Gasteiger partial charge in [-0.05, 0) is 24.1 Å². The lowest BCUT2D eigenvalue weighted by molar-refractivity contribution is 0.545. The van der Waals surface area contributed by atoms with Crippen LogP contribution in [0.1, 0.15) is 26.7 Å². The average molecular weight is 260 g/mol. The van der Waals surface area contributed by atoms with Crippen LogP contribution >= 0.6 is 11.6 Å². The van der Waals surface area contributed by atoms with Crippen LogP contribution in [0.5, 0.6) is 0 Å². The summed E-state index contributed by atoms with van der Waals surface area (Å²) < 4.78 is 12.1. The van der Waals surface area contributed by atoms with Gasteiger partial charge in [0, 0.05) is 16.5 Å². The molecule has 2 N–H and O–H groups in total. The molecule has 0 spiro atoms. The van der Waals surface area contributed by atoms with Gasteiger partial charge in [0.1, 0.15) is 0 Å². The molecule has 0 aliphatic rings. The summed E-state index contributed by atoms with van der Waals surface area (Å²) in [5, 5.41) is 0.584. The molecular formula is C12H18ClNOS. The van der Waals surface area contributed by atoms with Crippen LogP contribution in [0.2, 0.25) is 5.02 Å². The molecule has 2 nitrogen and oxygen atoms in total. The smallest absolute Gasteiger partial charge is 0.0618 e. The van der Waals surface area contributed by atoms with Gasteiger partial charge < -0.3 is 5.73 Å². The van der Waals surface area contributed by atoms with Crippen molar-refractivity contribution >= 4 is 28.1 Å². The number of nitrogens with two attached hydrogens (primary N) is 1. The first-order chi connectivity index (χ1) is 7.58. The molecule has 4 heteroatoms. The van der Waals surface area contributed by atoms with Gasteiger partial charge in [0.15, 0.2) is 0 Å². The van der Waals surface area contributed by atoms with Gasteiger partial charge in [0.25, 0.3) is 0 Å². The van der Waals surface area contributed by atoms with Crippen molar-refractivity contribution in [1.29, 1.82) is 0 Å². The van der Waals surface area contributed by atoms with E-state index in [1.54, 1.807) is 18.2 Å². The molecule has 1 aromatic rings. The summed E-state index contributed by atoms with van der Waals surface area (Å²) in [6, 6.07) is 5.15. The number of halogens is 1. The van der Waals surface area contributed by atoms with Crippen LogP contribution in [0.25, 0.3) is 0 Å². The predicted octanol–water partition coefficient (Wildman–Crippen LogP) is 3.47.